The van der Waals surface area contributed by atoms with E-state index in [1.807, 2.05) is 50.3 Å². The van der Waals surface area contributed by atoms with Gasteiger partial charge in [-0.1, -0.05) is 51.1 Å². The minimum absolute atomic E-state index is 0.0377. The van der Waals surface area contributed by atoms with Crippen LogP contribution in [-0.2, 0) is 25.5 Å². The van der Waals surface area contributed by atoms with E-state index in [0.717, 1.165) is 17.7 Å². The van der Waals surface area contributed by atoms with Gasteiger partial charge < -0.3 is 14.4 Å². The fourth-order valence-corrected chi connectivity index (χ4v) is 4.39. The Morgan fingerprint density at radius 2 is 2.15 bits per heavy atom. The lowest BCUT2D eigenvalue weighted by Crippen LogP contribution is -2.40. The molecule has 2 bridgehead atoms. The Morgan fingerprint density at radius 3 is 2.88 bits per heavy atom. The highest BCUT2D eigenvalue weighted by Crippen LogP contribution is 2.53. The Hall–Kier alpha value is -2.14. The first-order valence-corrected chi connectivity index (χ1v) is 9.40. The van der Waals surface area contributed by atoms with Gasteiger partial charge >= 0.3 is 5.97 Å². The molecular formula is C21H25NO4. The molecule has 1 aromatic carbocycles. The smallest absolute Gasteiger partial charge is 0.312 e. The molecule has 2 fully saturated rings. The molecule has 1 spiro atoms. The molecule has 138 valence electrons. The number of hydrogen-bond donors (Lipinski definition) is 0. The third-order valence-corrected chi connectivity index (χ3v) is 5.59. The zero-order valence-corrected chi connectivity index (χ0v) is 15.5. The molecule has 3 aliphatic rings. The molecular weight excluding hydrogens is 330 g/mol. The van der Waals surface area contributed by atoms with E-state index in [1.54, 1.807) is 4.90 Å². The Labute approximate surface area is 154 Å². The molecule has 0 unspecified atom stereocenters. The highest BCUT2D eigenvalue weighted by molar-refractivity contribution is 6.03. The molecule has 1 amide bonds. The average molecular weight is 355 g/mol. The quantitative estimate of drug-likeness (QED) is 0.602. The maximum absolute atomic E-state index is 13.3. The zero-order chi connectivity index (χ0) is 18.5. The second-order valence-corrected chi connectivity index (χ2v) is 7.83. The van der Waals surface area contributed by atoms with E-state index in [2.05, 4.69) is 6.92 Å². The molecule has 4 rings (SSSR count). The van der Waals surface area contributed by atoms with Gasteiger partial charge in [0.1, 0.15) is 11.5 Å². The molecule has 4 atom stereocenters. The Kier molecular flexibility index (Phi) is 4.14. The summed E-state index contributed by atoms with van der Waals surface area (Å²) in [5.41, 5.74) is 1.33. The van der Waals surface area contributed by atoms with Gasteiger partial charge in [-0.05, 0) is 24.0 Å². The first-order valence-electron chi connectivity index (χ1n) is 9.40. The van der Waals surface area contributed by atoms with Crippen LogP contribution in [0, 0.1) is 17.8 Å². The summed E-state index contributed by atoms with van der Waals surface area (Å²) in [5.74, 6) is -1.15. The summed E-state index contributed by atoms with van der Waals surface area (Å²) < 4.78 is 11.6. The van der Waals surface area contributed by atoms with E-state index in [9.17, 15) is 9.59 Å². The van der Waals surface area contributed by atoms with Crippen LogP contribution in [0.4, 0.5) is 5.69 Å². The molecule has 0 saturated carbocycles. The number of para-hydroxylation sites is 1. The first-order chi connectivity index (χ1) is 12.5. The van der Waals surface area contributed by atoms with Crippen molar-refractivity contribution in [3.8, 4) is 0 Å². The van der Waals surface area contributed by atoms with Crippen molar-refractivity contribution in [3.63, 3.8) is 0 Å². The van der Waals surface area contributed by atoms with Crippen LogP contribution < -0.4 is 4.90 Å². The lowest BCUT2D eigenvalue weighted by molar-refractivity contribution is -0.153. The summed E-state index contributed by atoms with van der Waals surface area (Å²) in [4.78, 5) is 27.8. The topological polar surface area (TPSA) is 55.8 Å². The van der Waals surface area contributed by atoms with E-state index in [-0.39, 0.29) is 23.9 Å². The van der Waals surface area contributed by atoms with Crippen molar-refractivity contribution < 1.29 is 19.1 Å². The standard InChI is InChI=1S/C21H25NO4/c1-4-14-7-5-6-8-15(14)22-12-21-10-9-16(26-21)17(18(21)19(22)23)20(24)25-11-13(2)3/h5-10,13,16-18H,4,11-12H2,1-3H3/t16-,17-,18+,21+/m0/s1. The van der Waals surface area contributed by atoms with Crippen LogP contribution in [0.1, 0.15) is 26.3 Å². The minimum atomic E-state index is -0.704. The van der Waals surface area contributed by atoms with E-state index in [4.69, 9.17) is 9.47 Å². The minimum Gasteiger partial charge on any atom is -0.465 e. The first kappa shape index (κ1) is 17.3. The number of nitrogens with zero attached hydrogens (tertiary/aromatic N) is 1. The second kappa shape index (κ2) is 6.23. The Bertz CT molecular complexity index is 771. The predicted octanol–water partition coefficient (Wildman–Crippen LogP) is 2.73. The van der Waals surface area contributed by atoms with Crippen LogP contribution >= 0.6 is 0 Å². The molecule has 26 heavy (non-hydrogen) atoms. The maximum atomic E-state index is 13.3. The highest BCUT2D eigenvalue weighted by Gasteiger charge is 2.67. The second-order valence-electron chi connectivity index (χ2n) is 7.83. The molecule has 0 radical (unpaired) electrons. The van der Waals surface area contributed by atoms with Crippen LogP contribution in [-0.4, -0.2) is 36.7 Å². The number of amides is 1. The monoisotopic (exact) mass is 355 g/mol. The van der Waals surface area contributed by atoms with Crippen molar-refractivity contribution in [2.75, 3.05) is 18.1 Å². The molecule has 5 heteroatoms. The molecule has 3 aliphatic heterocycles. The summed E-state index contributed by atoms with van der Waals surface area (Å²) in [5, 5.41) is 0. The number of fused-ring (bicyclic) bond motifs is 1. The number of hydrogen-bond acceptors (Lipinski definition) is 4. The van der Waals surface area contributed by atoms with Gasteiger partial charge in [0, 0.05) is 5.69 Å². The summed E-state index contributed by atoms with van der Waals surface area (Å²) in [6.45, 7) is 6.88. The highest BCUT2D eigenvalue weighted by atomic mass is 16.6. The number of benzene rings is 1. The fraction of sp³-hybridized carbons (Fsp3) is 0.524. The largest absolute Gasteiger partial charge is 0.465 e. The number of anilines is 1. The number of ether oxygens (including phenoxy) is 2. The summed E-state index contributed by atoms with van der Waals surface area (Å²) in [7, 11) is 0. The number of rotatable bonds is 5. The molecule has 0 aromatic heterocycles. The molecule has 3 heterocycles. The number of carbonyl (C=O) groups excluding carboxylic acids is 2. The predicted molar refractivity (Wildman–Crippen MR) is 97.7 cm³/mol. The van der Waals surface area contributed by atoms with Gasteiger partial charge in [0.05, 0.1) is 25.2 Å². The van der Waals surface area contributed by atoms with Gasteiger partial charge in [0.2, 0.25) is 5.91 Å². The van der Waals surface area contributed by atoms with Gasteiger partial charge in [-0.2, -0.15) is 0 Å². The SMILES string of the molecule is CCc1ccccc1N1C[C@@]23C=C[C@H](O2)[C@H](C(=O)OCC(C)C)[C@@H]3C1=O. The van der Waals surface area contributed by atoms with E-state index < -0.39 is 17.4 Å². The van der Waals surface area contributed by atoms with Crippen molar-refractivity contribution in [3.05, 3.63) is 42.0 Å². The summed E-state index contributed by atoms with van der Waals surface area (Å²) in [6.07, 6.45) is 4.38. The van der Waals surface area contributed by atoms with E-state index in [0.29, 0.717) is 13.2 Å². The van der Waals surface area contributed by atoms with Gasteiger partial charge in [-0.25, -0.2) is 0 Å². The summed E-state index contributed by atoms with van der Waals surface area (Å²) in [6, 6.07) is 7.93. The van der Waals surface area contributed by atoms with Gasteiger partial charge in [-0.3, -0.25) is 9.59 Å². The van der Waals surface area contributed by atoms with Crippen LogP contribution in [0.15, 0.2) is 36.4 Å². The van der Waals surface area contributed by atoms with Crippen LogP contribution in [0.3, 0.4) is 0 Å². The number of carbonyl (C=O) groups is 2. The summed E-state index contributed by atoms with van der Waals surface area (Å²) >= 11 is 0. The van der Waals surface area contributed by atoms with Crippen molar-refractivity contribution in [1.29, 1.82) is 0 Å². The fourth-order valence-electron chi connectivity index (χ4n) is 4.39. The Balaban J connectivity index is 1.64. The van der Waals surface area contributed by atoms with E-state index in [1.165, 1.54) is 0 Å². The molecule has 0 aliphatic carbocycles. The molecule has 1 aromatic rings. The van der Waals surface area contributed by atoms with Gasteiger partial charge in [-0.15, -0.1) is 0 Å². The average Bonchev–Trinajstić information content (AvgIpc) is 3.28. The van der Waals surface area contributed by atoms with Crippen molar-refractivity contribution >= 4 is 17.6 Å². The van der Waals surface area contributed by atoms with Crippen molar-refractivity contribution in [2.24, 2.45) is 17.8 Å². The van der Waals surface area contributed by atoms with Gasteiger partial charge in [0.15, 0.2) is 0 Å². The van der Waals surface area contributed by atoms with Crippen LogP contribution in [0.2, 0.25) is 0 Å². The van der Waals surface area contributed by atoms with Crippen LogP contribution in [0.5, 0.6) is 0 Å². The lowest BCUT2D eigenvalue weighted by Gasteiger charge is -2.23. The molecule has 5 nitrogen and oxygen atoms in total. The van der Waals surface area contributed by atoms with E-state index >= 15 is 0 Å². The lowest BCUT2D eigenvalue weighted by atomic mass is 9.77. The number of esters is 1. The third-order valence-electron chi connectivity index (χ3n) is 5.59. The van der Waals surface area contributed by atoms with Gasteiger partial charge in [0.25, 0.3) is 0 Å². The Morgan fingerprint density at radius 1 is 1.38 bits per heavy atom. The van der Waals surface area contributed by atoms with Crippen LogP contribution in [0.25, 0.3) is 0 Å². The van der Waals surface area contributed by atoms with Crippen molar-refractivity contribution in [2.45, 2.75) is 38.9 Å². The third kappa shape index (κ3) is 2.49. The molecule has 2 saturated heterocycles. The number of aryl methyl sites for hydroxylation is 1. The maximum Gasteiger partial charge on any atom is 0.312 e. The van der Waals surface area contributed by atoms with Crippen molar-refractivity contribution in [1.82, 2.24) is 0 Å². The zero-order valence-electron chi connectivity index (χ0n) is 15.5. The normalized spacial score (nSPS) is 31.8. The molecule has 0 N–H and O–H groups in total.